The van der Waals surface area contributed by atoms with E-state index in [0.717, 1.165) is 18.8 Å². The minimum Gasteiger partial charge on any atom is -0.492 e. The third-order valence-corrected chi connectivity index (χ3v) is 3.89. The number of benzene rings is 1. The van der Waals surface area contributed by atoms with Gasteiger partial charge in [0.1, 0.15) is 5.75 Å². The van der Waals surface area contributed by atoms with Crippen molar-refractivity contribution in [1.82, 2.24) is 0 Å². The molecular formula is C17H23NO4. The molecule has 0 spiro atoms. The molecule has 0 N–H and O–H groups in total. The number of ketones is 1. The Kier molecular flexibility index (Phi) is 5.41. The molecule has 2 rings (SSSR count). The number of Topliss-reactive ketones (excluding diaryl/α,β-unsaturated/α-hetero) is 1. The minimum atomic E-state index is -0.453. The van der Waals surface area contributed by atoms with Crippen molar-refractivity contribution in [3.05, 3.63) is 23.8 Å². The van der Waals surface area contributed by atoms with Gasteiger partial charge in [-0.25, -0.2) is 0 Å². The van der Waals surface area contributed by atoms with E-state index < -0.39 is 5.92 Å². The summed E-state index contributed by atoms with van der Waals surface area (Å²) in [5, 5.41) is 0. The van der Waals surface area contributed by atoms with Crippen molar-refractivity contribution < 1.29 is 19.1 Å². The number of fused-ring (bicyclic) bond motifs is 1. The van der Waals surface area contributed by atoms with Gasteiger partial charge in [0.2, 0.25) is 0 Å². The van der Waals surface area contributed by atoms with Gasteiger partial charge in [-0.05, 0) is 32.9 Å². The largest absolute Gasteiger partial charge is 0.492 e. The molecule has 1 aliphatic heterocycles. The first-order chi connectivity index (χ1) is 10.6. The van der Waals surface area contributed by atoms with Crippen LogP contribution >= 0.6 is 0 Å². The van der Waals surface area contributed by atoms with Gasteiger partial charge in [0.15, 0.2) is 5.78 Å². The van der Waals surface area contributed by atoms with E-state index in [9.17, 15) is 9.59 Å². The second-order valence-corrected chi connectivity index (χ2v) is 5.23. The highest BCUT2D eigenvalue weighted by Crippen LogP contribution is 2.32. The van der Waals surface area contributed by atoms with Gasteiger partial charge >= 0.3 is 5.97 Å². The highest BCUT2D eigenvalue weighted by atomic mass is 16.5. The third-order valence-electron chi connectivity index (χ3n) is 3.89. The Hall–Kier alpha value is -2.04. The van der Waals surface area contributed by atoms with E-state index in [2.05, 4.69) is 18.7 Å². The van der Waals surface area contributed by atoms with E-state index in [4.69, 9.17) is 9.47 Å². The molecule has 5 nitrogen and oxygen atoms in total. The fourth-order valence-corrected chi connectivity index (χ4v) is 2.68. The van der Waals surface area contributed by atoms with Gasteiger partial charge in [-0.2, -0.15) is 0 Å². The van der Waals surface area contributed by atoms with E-state index >= 15 is 0 Å². The van der Waals surface area contributed by atoms with Gasteiger partial charge in [0.05, 0.1) is 31.1 Å². The van der Waals surface area contributed by atoms with Crippen molar-refractivity contribution in [3.63, 3.8) is 0 Å². The number of carbonyl (C=O) groups is 2. The number of ether oxygens (including phenoxy) is 2. The Morgan fingerprint density at radius 1 is 1.32 bits per heavy atom. The standard InChI is InChI=1S/C17H23NO4/c1-4-18(5-2)13-7-8-14-15(10-13)22-11-12(17(14)20)9-16(19)21-6-3/h7-8,10,12H,4-6,9,11H2,1-3H3/t12-/m0/s1. The normalized spacial score (nSPS) is 16.7. The predicted octanol–water partition coefficient (Wildman–Crippen LogP) is 2.68. The number of nitrogens with zero attached hydrogens (tertiary/aromatic N) is 1. The van der Waals surface area contributed by atoms with Crippen molar-refractivity contribution in [2.24, 2.45) is 5.92 Å². The first kappa shape index (κ1) is 16.3. The van der Waals surface area contributed by atoms with Crippen LogP contribution < -0.4 is 9.64 Å². The lowest BCUT2D eigenvalue weighted by molar-refractivity contribution is -0.144. The Morgan fingerprint density at radius 3 is 2.68 bits per heavy atom. The molecule has 0 amide bonds. The van der Waals surface area contributed by atoms with Crippen molar-refractivity contribution in [3.8, 4) is 5.75 Å². The summed E-state index contributed by atoms with van der Waals surface area (Å²) in [6.45, 7) is 8.27. The molecule has 0 saturated carbocycles. The SMILES string of the molecule is CCOC(=O)C[C@H]1COc2cc(N(CC)CC)ccc2C1=O. The fourth-order valence-electron chi connectivity index (χ4n) is 2.68. The summed E-state index contributed by atoms with van der Waals surface area (Å²) in [5.74, 6) is -0.242. The van der Waals surface area contributed by atoms with Crippen LogP contribution in [0.1, 0.15) is 37.6 Å². The molecule has 1 heterocycles. The number of esters is 1. The fraction of sp³-hybridized carbons (Fsp3) is 0.529. The van der Waals surface area contributed by atoms with Gasteiger partial charge in [-0.15, -0.1) is 0 Å². The number of hydrogen-bond donors (Lipinski definition) is 0. The van der Waals surface area contributed by atoms with Crippen LogP contribution in [0, 0.1) is 5.92 Å². The summed E-state index contributed by atoms with van der Waals surface area (Å²) >= 11 is 0. The van der Waals surface area contributed by atoms with Crippen LogP contribution in [-0.2, 0) is 9.53 Å². The summed E-state index contributed by atoms with van der Waals surface area (Å²) in [6, 6.07) is 5.63. The Balaban J connectivity index is 2.16. The average molecular weight is 305 g/mol. The number of anilines is 1. The van der Waals surface area contributed by atoms with E-state index in [0.29, 0.717) is 17.9 Å². The molecule has 0 unspecified atom stereocenters. The van der Waals surface area contributed by atoms with E-state index in [1.807, 2.05) is 12.1 Å². The summed E-state index contributed by atoms with van der Waals surface area (Å²) in [7, 11) is 0. The molecule has 0 fully saturated rings. The zero-order chi connectivity index (χ0) is 16.1. The van der Waals surface area contributed by atoms with Crippen LogP contribution in [-0.4, -0.2) is 38.1 Å². The van der Waals surface area contributed by atoms with Crippen LogP contribution in [0.25, 0.3) is 0 Å². The number of carbonyl (C=O) groups excluding carboxylic acids is 2. The van der Waals surface area contributed by atoms with Gasteiger partial charge in [0.25, 0.3) is 0 Å². The molecule has 120 valence electrons. The monoisotopic (exact) mass is 305 g/mol. The molecule has 22 heavy (non-hydrogen) atoms. The van der Waals surface area contributed by atoms with Crippen molar-refractivity contribution >= 4 is 17.4 Å². The predicted molar refractivity (Wildman–Crippen MR) is 84.6 cm³/mol. The van der Waals surface area contributed by atoms with Gasteiger partial charge in [-0.3, -0.25) is 9.59 Å². The molecule has 1 atom stereocenters. The topological polar surface area (TPSA) is 55.8 Å². The van der Waals surface area contributed by atoms with Gasteiger partial charge in [-0.1, -0.05) is 0 Å². The zero-order valence-corrected chi connectivity index (χ0v) is 13.4. The average Bonchev–Trinajstić information content (AvgIpc) is 2.51. The maximum atomic E-state index is 12.5. The maximum absolute atomic E-state index is 12.5. The van der Waals surface area contributed by atoms with Crippen LogP contribution in [0.2, 0.25) is 0 Å². The minimum absolute atomic E-state index is 0.0413. The lowest BCUT2D eigenvalue weighted by atomic mass is 9.92. The second-order valence-electron chi connectivity index (χ2n) is 5.23. The summed E-state index contributed by atoms with van der Waals surface area (Å²) in [4.78, 5) is 26.2. The van der Waals surface area contributed by atoms with E-state index in [1.165, 1.54) is 0 Å². The first-order valence-electron chi connectivity index (χ1n) is 7.82. The van der Waals surface area contributed by atoms with Crippen LogP contribution in [0.5, 0.6) is 5.75 Å². The van der Waals surface area contributed by atoms with Gasteiger partial charge < -0.3 is 14.4 Å². The molecule has 0 saturated heterocycles. The first-order valence-corrected chi connectivity index (χ1v) is 7.82. The highest BCUT2D eigenvalue weighted by molar-refractivity contribution is 6.03. The molecular weight excluding hydrogens is 282 g/mol. The molecule has 1 aromatic carbocycles. The van der Waals surface area contributed by atoms with Crippen molar-refractivity contribution in [1.29, 1.82) is 0 Å². The van der Waals surface area contributed by atoms with Gasteiger partial charge in [0, 0.05) is 24.8 Å². The molecule has 0 radical (unpaired) electrons. The summed E-state index contributed by atoms with van der Waals surface area (Å²) in [6.07, 6.45) is 0.0733. The Labute approximate surface area is 131 Å². The molecule has 1 aliphatic rings. The van der Waals surface area contributed by atoms with Crippen LogP contribution in [0.4, 0.5) is 5.69 Å². The smallest absolute Gasteiger partial charge is 0.306 e. The quantitative estimate of drug-likeness (QED) is 0.756. The molecule has 5 heteroatoms. The van der Waals surface area contributed by atoms with Crippen LogP contribution in [0.15, 0.2) is 18.2 Å². The van der Waals surface area contributed by atoms with Crippen molar-refractivity contribution in [2.45, 2.75) is 27.2 Å². The number of rotatable bonds is 6. The molecule has 0 bridgehead atoms. The molecule has 0 aliphatic carbocycles. The molecule has 0 aromatic heterocycles. The Bertz CT molecular complexity index is 552. The highest BCUT2D eigenvalue weighted by Gasteiger charge is 2.31. The molecule has 1 aromatic rings. The summed E-state index contributed by atoms with van der Waals surface area (Å²) in [5.41, 5.74) is 1.59. The number of hydrogen-bond acceptors (Lipinski definition) is 5. The lowest BCUT2D eigenvalue weighted by Crippen LogP contribution is -2.30. The second kappa shape index (κ2) is 7.29. The van der Waals surface area contributed by atoms with Crippen LogP contribution in [0.3, 0.4) is 0 Å². The van der Waals surface area contributed by atoms with E-state index in [-0.39, 0.29) is 24.8 Å². The zero-order valence-electron chi connectivity index (χ0n) is 13.4. The third kappa shape index (κ3) is 3.40. The summed E-state index contributed by atoms with van der Waals surface area (Å²) < 4.78 is 10.6. The lowest BCUT2D eigenvalue weighted by Gasteiger charge is -2.26. The Morgan fingerprint density at radius 2 is 2.05 bits per heavy atom. The van der Waals surface area contributed by atoms with E-state index in [1.54, 1.807) is 13.0 Å². The van der Waals surface area contributed by atoms with Crippen molar-refractivity contribution in [2.75, 3.05) is 31.2 Å². The maximum Gasteiger partial charge on any atom is 0.306 e.